The van der Waals surface area contributed by atoms with Gasteiger partial charge in [-0.15, -0.1) is 0 Å². The molecule has 1 fully saturated rings. The van der Waals surface area contributed by atoms with E-state index in [1.807, 2.05) is 6.07 Å². The van der Waals surface area contributed by atoms with E-state index in [-0.39, 0.29) is 7.12 Å². The van der Waals surface area contributed by atoms with Gasteiger partial charge in [-0.25, -0.2) is 0 Å². The van der Waals surface area contributed by atoms with Crippen LogP contribution in [0.1, 0.15) is 19.4 Å². The first kappa shape index (κ1) is 11.7. The Bertz CT molecular complexity index is 305. The van der Waals surface area contributed by atoms with Crippen molar-refractivity contribution < 1.29 is 9.31 Å². The van der Waals surface area contributed by atoms with Gasteiger partial charge < -0.3 is 9.31 Å². The van der Waals surface area contributed by atoms with E-state index in [1.54, 1.807) is 0 Å². The van der Waals surface area contributed by atoms with Crippen molar-refractivity contribution in [1.29, 1.82) is 0 Å². The topological polar surface area (TPSA) is 18.5 Å². The van der Waals surface area contributed by atoms with E-state index in [0.717, 1.165) is 19.6 Å². The van der Waals surface area contributed by atoms with Crippen molar-refractivity contribution in [2.75, 3.05) is 13.2 Å². The molecule has 3 heteroatoms. The molecule has 2 rings (SSSR count). The summed E-state index contributed by atoms with van der Waals surface area (Å²) < 4.78 is 11.4. The monoisotopic (exact) mass is 218 g/mol. The van der Waals surface area contributed by atoms with Gasteiger partial charge in [0.2, 0.25) is 0 Å². The fraction of sp³-hybridized carbons (Fsp3) is 0.538. The van der Waals surface area contributed by atoms with Gasteiger partial charge in [-0.1, -0.05) is 44.2 Å². The molecule has 0 amide bonds. The number of hydrogen-bond donors (Lipinski definition) is 0. The first-order chi connectivity index (χ1) is 7.75. The average Bonchev–Trinajstić information content (AvgIpc) is 2.31. The lowest BCUT2D eigenvalue weighted by molar-refractivity contribution is 0.0756. The molecule has 2 nitrogen and oxygen atoms in total. The third-order valence-corrected chi connectivity index (χ3v) is 2.90. The molecule has 0 spiro atoms. The SMILES string of the molecule is CC(C)B1OCC(Cc2ccccc2)CO1. The fourth-order valence-electron chi connectivity index (χ4n) is 2.01. The van der Waals surface area contributed by atoms with Crippen molar-refractivity contribution in [2.45, 2.75) is 26.1 Å². The van der Waals surface area contributed by atoms with Crippen molar-refractivity contribution in [1.82, 2.24) is 0 Å². The zero-order valence-electron chi connectivity index (χ0n) is 10.1. The highest BCUT2D eigenvalue weighted by molar-refractivity contribution is 6.46. The van der Waals surface area contributed by atoms with E-state index in [9.17, 15) is 0 Å². The Balaban J connectivity index is 1.82. The van der Waals surface area contributed by atoms with Crippen molar-refractivity contribution in [3.8, 4) is 0 Å². The van der Waals surface area contributed by atoms with Gasteiger partial charge in [-0.2, -0.15) is 0 Å². The molecule has 0 bridgehead atoms. The van der Waals surface area contributed by atoms with E-state index in [4.69, 9.17) is 9.31 Å². The van der Waals surface area contributed by atoms with Crippen LogP contribution >= 0.6 is 0 Å². The summed E-state index contributed by atoms with van der Waals surface area (Å²) in [5, 5.41) is 0. The highest BCUT2D eigenvalue weighted by Gasteiger charge is 2.29. The Kier molecular flexibility index (Phi) is 4.02. The predicted octanol–water partition coefficient (Wildman–Crippen LogP) is 2.79. The van der Waals surface area contributed by atoms with Crippen LogP contribution in [0.3, 0.4) is 0 Å². The van der Waals surface area contributed by atoms with Crippen molar-refractivity contribution >= 4 is 7.12 Å². The maximum Gasteiger partial charge on any atom is 0.459 e. The first-order valence-electron chi connectivity index (χ1n) is 6.03. The highest BCUT2D eigenvalue weighted by atomic mass is 16.6. The summed E-state index contributed by atoms with van der Waals surface area (Å²) in [6, 6.07) is 10.5. The Morgan fingerprint density at radius 3 is 2.38 bits per heavy atom. The minimum atomic E-state index is -0.00739. The molecule has 1 aromatic rings. The minimum absolute atomic E-state index is 0.00739. The Morgan fingerprint density at radius 1 is 1.19 bits per heavy atom. The van der Waals surface area contributed by atoms with E-state index < -0.39 is 0 Å². The second-order valence-electron chi connectivity index (χ2n) is 4.83. The minimum Gasteiger partial charge on any atom is -0.411 e. The number of benzene rings is 1. The molecule has 0 saturated carbocycles. The second kappa shape index (κ2) is 5.51. The number of rotatable bonds is 3. The van der Waals surface area contributed by atoms with E-state index in [0.29, 0.717) is 11.7 Å². The standard InChI is InChI=1S/C13H19BO2/c1-11(2)14-15-9-13(10-16-14)8-12-6-4-3-5-7-12/h3-7,11,13H,8-10H2,1-2H3. The van der Waals surface area contributed by atoms with E-state index in [1.165, 1.54) is 5.56 Å². The third-order valence-electron chi connectivity index (χ3n) is 2.90. The summed E-state index contributed by atoms with van der Waals surface area (Å²) >= 11 is 0. The van der Waals surface area contributed by atoms with Gasteiger partial charge in [0, 0.05) is 19.1 Å². The molecular weight excluding hydrogens is 199 g/mol. The van der Waals surface area contributed by atoms with Crippen molar-refractivity contribution in [3.05, 3.63) is 35.9 Å². The highest BCUT2D eigenvalue weighted by Crippen LogP contribution is 2.20. The zero-order chi connectivity index (χ0) is 11.4. The molecule has 1 aromatic carbocycles. The summed E-state index contributed by atoms with van der Waals surface area (Å²) in [6.07, 6.45) is 1.05. The largest absolute Gasteiger partial charge is 0.459 e. The van der Waals surface area contributed by atoms with Crippen LogP contribution < -0.4 is 0 Å². The van der Waals surface area contributed by atoms with Crippen LogP contribution in [0.5, 0.6) is 0 Å². The fourth-order valence-corrected chi connectivity index (χ4v) is 2.01. The molecule has 0 radical (unpaired) electrons. The van der Waals surface area contributed by atoms with Crippen LogP contribution in [-0.4, -0.2) is 20.3 Å². The lowest BCUT2D eigenvalue weighted by Gasteiger charge is -2.29. The van der Waals surface area contributed by atoms with Crippen molar-refractivity contribution in [3.63, 3.8) is 0 Å². The molecule has 0 atom stereocenters. The summed E-state index contributed by atoms with van der Waals surface area (Å²) in [6.45, 7) is 5.89. The lowest BCUT2D eigenvalue weighted by Crippen LogP contribution is -2.38. The van der Waals surface area contributed by atoms with Crippen LogP contribution in [0.4, 0.5) is 0 Å². The van der Waals surface area contributed by atoms with Crippen LogP contribution in [0.2, 0.25) is 5.82 Å². The molecule has 86 valence electrons. The van der Waals surface area contributed by atoms with Gasteiger partial charge in [-0.3, -0.25) is 0 Å². The maximum absolute atomic E-state index is 5.70. The van der Waals surface area contributed by atoms with Crippen molar-refractivity contribution in [2.24, 2.45) is 5.92 Å². The summed E-state index contributed by atoms with van der Waals surface area (Å²) in [5.74, 6) is 0.940. The second-order valence-corrected chi connectivity index (χ2v) is 4.83. The Morgan fingerprint density at radius 2 is 1.81 bits per heavy atom. The van der Waals surface area contributed by atoms with Gasteiger partial charge in [0.25, 0.3) is 0 Å². The van der Waals surface area contributed by atoms with Gasteiger partial charge in [0.1, 0.15) is 0 Å². The Hall–Kier alpha value is -0.795. The van der Waals surface area contributed by atoms with Crippen LogP contribution in [0.15, 0.2) is 30.3 Å². The maximum atomic E-state index is 5.70. The molecule has 1 aliphatic rings. The molecule has 0 aromatic heterocycles. The molecule has 16 heavy (non-hydrogen) atoms. The molecule has 0 aliphatic carbocycles. The molecule has 0 unspecified atom stereocenters. The third kappa shape index (κ3) is 3.10. The van der Waals surface area contributed by atoms with E-state index >= 15 is 0 Å². The predicted molar refractivity (Wildman–Crippen MR) is 66.4 cm³/mol. The van der Waals surface area contributed by atoms with Crippen LogP contribution in [0, 0.1) is 5.92 Å². The molecule has 1 saturated heterocycles. The molecular formula is C13H19BO2. The van der Waals surface area contributed by atoms with Crippen LogP contribution in [0.25, 0.3) is 0 Å². The van der Waals surface area contributed by atoms with Gasteiger partial charge >= 0.3 is 7.12 Å². The Labute approximate surface area is 98.1 Å². The summed E-state index contributed by atoms with van der Waals surface area (Å²) in [7, 11) is -0.00739. The van der Waals surface area contributed by atoms with Gasteiger partial charge in [0.05, 0.1) is 0 Å². The number of hydrogen-bond acceptors (Lipinski definition) is 2. The van der Waals surface area contributed by atoms with E-state index in [2.05, 4.69) is 38.1 Å². The average molecular weight is 218 g/mol. The molecule has 1 aliphatic heterocycles. The van der Waals surface area contributed by atoms with Gasteiger partial charge in [0.15, 0.2) is 0 Å². The van der Waals surface area contributed by atoms with Crippen LogP contribution in [-0.2, 0) is 15.7 Å². The normalized spacial score (nSPS) is 18.1. The first-order valence-corrected chi connectivity index (χ1v) is 6.03. The zero-order valence-corrected chi connectivity index (χ0v) is 10.1. The molecule has 0 N–H and O–H groups in total. The quantitative estimate of drug-likeness (QED) is 0.726. The smallest absolute Gasteiger partial charge is 0.411 e. The summed E-state index contributed by atoms with van der Waals surface area (Å²) in [4.78, 5) is 0. The molecule has 1 heterocycles. The van der Waals surface area contributed by atoms with Gasteiger partial charge in [-0.05, 0) is 17.8 Å². The lowest BCUT2D eigenvalue weighted by atomic mass is 9.73. The summed E-state index contributed by atoms with van der Waals surface area (Å²) in [5.41, 5.74) is 1.36.